The van der Waals surface area contributed by atoms with Crippen LogP contribution in [-0.2, 0) is 20.8 Å². The first-order valence-corrected chi connectivity index (χ1v) is 6.92. The molecule has 0 radical (unpaired) electrons. The first kappa shape index (κ1) is 15.0. The minimum Gasteiger partial charge on any atom is -0.468 e. The lowest BCUT2D eigenvalue weighted by molar-refractivity contribution is -0.146. The fraction of sp³-hybridized carbons (Fsp3) is 0.562. The van der Waals surface area contributed by atoms with Gasteiger partial charge in [-0.1, -0.05) is 51.1 Å². The van der Waals surface area contributed by atoms with Gasteiger partial charge in [0.05, 0.1) is 13.7 Å². The number of esters is 1. The van der Waals surface area contributed by atoms with Crippen molar-refractivity contribution in [1.29, 1.82) is 0 Å². The summed E-state index contributed by atoms with van der Waals surface area (Å²) in [5.41, 5.74) is 1.11. The van der Waals surface area contributed by atoms with Crippen molar-refractivity contribution >= 4 is 5.97 Å². The van der Waals surface area contributed by atoms with Crippen LogP contribution in [0.4, 0.5) is 0 Å². The molecule has 0 amide bonds. The lowest BCUT2D eigenvalue weighted by Gasteiger charge is -2.35. The quantitative estimate of drug-likeness (QED) is 0.795. The molecule has 1 saturated heterocycles. The van der Waals surface area contributed by atoms with Crippen LogP contribution >= 0.6 is 0 Å². The normalized spacial score (nSPS) is 23.8. The van der Waals surface area contributed by atoms with Gasteiger partial charge in [0.2, 0.25) is 0 Å². The summed E-state index contributed by atoms with van der Waals surface area (Å²) in [6.45, 7) is 7.43. The molecular formula is C16H23NO3. The Morgan fingerprint density at radius 1 is 1.35 bits per heavy atom. The van der Waals surface area contributed by atoms with Crippen molar-refractivity contribution in [2.75, 3.05) is 13.7 Å². The van der Waals surface area contributed by atoms with Crippen LogP contribution in [-0.4, -0.2) is 36.9 Å². The lowest BCUT2D eigenvalue weighted by Crippen LogP contribution is -2.46. The number of ether oxygens (including phenoxy) is 2. The second kappa shape index (κ2) is 5.94. The molecule has 0 N–H and O–H groups in total. The molecule has 0 saturated carbocycles. The van der Waals surface area contributed by atoms with Crippen LogP contribution < -0.4 is 0 Å². The van der Waals surface area contributed by atoms with Gasteiger partial charge in [0, 0.05) is 12.0 Å². The molecule has 0 aromatic heterocycles. The van der Waals surface area contributed by atoms with Gasteiger partial charge in [-0.25, -0.2) is 0 Å². The highest BCUT2D eigenvalue weighted by atomic mass is 16.5. The van der Waals surface area contributed by atoms with Gasteiger partial charge in [-0.2, -0.15) is 0 Å². The van der Waals surface area contributed by atoms with Gasteiger partial charge in [0.15, 0.2) is 0 Å². The SMILES string of the molecule is COC(=O)C1COC(C(C)(C)C)N1Cc1ccccc1. The van der Waals surface area contributed by atoms with E-state index in [-0.39, 0.29) is 23.7 Å². The van der Waals surface area contributed by atoms with Crippen molar-refractivity contribution in [3.63, 3.8) is 0 Å². The average molecular weight is 277 g/mol. The van der Waals surface area contributed by atoms with Crippen molar-refractivity contribution in [3.8, 4) is 0 Å². The first-order valence-electron chi connectivity index (χ1n) is 6.92. The standard InChI is InChI=1S/C16H23NO3/c1-16(2,3)15-17(10-12-8-6-5-7-9-12)13(11-20-15)14(18)19-4/h5-9,13,15H,10-11H2,1-4H3. The maximum Gasteiger partial charge on any atom is 0.325 e. The Labute approximate surface area is 120 Å². The summed E-state index contributed by atoms with van der Waals surface area (Å²) in [7, 11) is 1.42. The number of methoxy groups -OCH3 is 1. The van der Waals surface area contributed by atoms with E-state index >= 15 is 0 Å². The van der Waals surface area contributed by atoms with E-state index in [0.717, 1.165) is 0 Å². The third-order valence-electron chi connectivity index (χ3n) is 3.54. The molecule has 1 heterocycles. The molecule has 2 unspecified atom stereocenters. The summed E-state index contributed by atoms with van der Waals surface area (Å²) in [6.07, 6.45) is -0.0909. The number of carbonyl (C=O) groups excluding carboxylic acids is 1. The minimum atomic E-state index is -0.329. The Morgan fingerprint density at radius 2 is 2.00 bits per heavy atom. The van der Waals surface area contributed by atoms with Gasteiger partial charge in [0.1, 0.15) is 12.3 Å². The zero-order chi connectivity index (χ0) is 14.8. The molecular weight excluding hydrogens is 254 g/mol. The van der Waals surface area contributed by atoms with Gasteiger partial charge in [0.25, 0.3) is 0 Å². The van der Waals surface area contributed by atoms with Gasteiger partial charge >= 0.3 is 5.97 Å². The van der Waals surface area contributed by atoms with E-state index in [2.05, 4.69) is 37.8 Å². The number of nitrogens with zero attached hydrogens (tertiary/aromatic N) is 1. The van der Waals surface area contributed by atoms with Crippen molar-refractivity contribution in [1.82, 2.24) is 4.90 Å². The zero-order valence-corrected chi connectivity index (χ0v) is 12.6. The molecule has 1 aromatic carbocycles. The molecule has 1 aliphatic heterocycles. The summed E-state index contributed by atoms with van der Waals surface area (Å²) < 4.78 is 10.8. The second-order valence-corrected chi connectivity index (χ2v) is 6.25. The third-order valence-corrected chi connectivity index (χ3v) is 3.54. The Morgan fingerprint density at radius 3 is 2.55 bits per heavy atom. The summed E-state index contributed by atoms with van der Waals surface area (Å²) >= 11 is 0. The molecule has 0 bridgehead atoms. The van der Waals surface area contributed by atoms with E-state index < -0.39 is 0 Å². The largest absolute Gasteiger partial charge is 0.468 e. The Balaban J connectivity index is 2.22. The topological polar surface area (TPSA) is 38.8 Å². The van der Waals surface area contributed by atoms with Crippen LogP contribution in [0.5, 0.6) is 0 Å². The smallest absolute Gasteiger partial charge is 0.325 e. The fourth-order valence-corrected chi connectivity index (χ4v) is 2.61. The summed E-state index contributed by atoms with van der Waals surface area (Å²) in [6, 6.07) is 9.79. The molecule has 0 spiro atoms. The van der Waals surface area contributed by atoms with E-state index in [1.165, 1.54) is 12.7 Å². The van der Waals surface area contributed by atoms with E-state index in [0.29, 0.717) is 13.2 Å². The first-order chi connectivity index (χ1) is 9.43. The van der Waals surface area contributed by atoms with Crippen LogP contribution in [0.25, 0.3) is 0 Å². The van der Waals surface area contributed by atoms with Gasteiger partial charge < -0.3 is 9.47 Å². The number of benzene rings is 1. The van der Waals surface area contributed by atoms with Crippen molar-refractivity contribution in [2.45, 2.75) is 39.6 Å². The third kappa shape index (κ3) is 3.19. The van der Waals surface area contributed by atoms with E-state index in [4.69, 9.17) is 9.47 Å². The monoisotopic (exact) mass is 277 g/mol. The fourth-order valence-electron chi connectivity index (χ4n) is 2.61. The number of rotatable bonds is 3. The number of hydrogen-bond donors (Lipinski definition) is 0. The Hall–Kier alpha value is -1.39. The average Bonchev–Trinajstić information content (AvgIpc) is 2.82. The van der Waals surface area contributed by atoms with Gasteiger partial charge in [-0.15, -0.1) is 0 Å². The molecule has 1 fully saturated rings. The maximum atomic E-state index is 11.9. The minimum absolute atomic E-state index is 0.0580. The van der Waals surface area contributed by atoms with E-state index in [9.17, 15) is 4.79 Å². The van der Waals surface area contributed by atoms with Crippen molar-refractivity contribution < 1.29 is 14.3 Å². The highest BCUT2D eigenvalue weighted by molar-refractivity contribution is 5.76. The maximum absolute atomic E-state index is 11.9. The molecule has 2 rings (SSSR count). The molecule has 4 heteroatoms. The Bertz CT molecular complexity index is 453. The predicted molar refractivity (Wildman–Crippen MR) is 77.0 cm³/mol. The summed E-state index contributed by atoms with van der Waals surface area (Å²) in [5, 5.41) is 0. The molecule has 110 valence electrons. The highest BCUT2D eigenvalue weighted by Gasteiger charge is 2.44. The summed E-state index contributed by atoms with van der Waals surface area (Å²) in [5.74, 6) is -0.229. The zero-order valence-electron chi connectivity index (χ0n) is 12.6. The van der Waals surface area contributed by atoms with E-state index in [1.54, 1.807) is 0 Å². The Kier molecular flexibility index (Phi) is 4.45. The summed E-state index contributed by atoms with van der Waals surface area (Å²) in [4.78, 5) is 14.0. The van der Waals surface area contributed by atoms with E-state index in [1.807, 2.05) is 18.2 Å². The lowest BCUT2D eigenvalue weighted by atomic mass is 9.93. The number of carbonyl (C=O) groups is 1. The molecule has 1 aliphatic rings. The highest BCUT2D eigenvalue weighted by Crippen LogP contribution is 2.33. The number of hydrogen-bond acceptors (Lipinski definition) is 4. The molecule has 20 heavy (non-hydrogen) atoms. The molecule has 1 aromatic rings. The van der Waals surface area contributed by atoms with Crippen LogP contribution in [0.3, 0.4) is 0 Å². The van der Waals surface area contributed by atoms with Gasteiger partial charge in [-0.05, 0) is 5.56 Å². The predicted octanol–water partition coefficient (Wildman–Crippen LogP) is 2.43. The van der Waals surface area contributed by atoms with Crippen molar-refractivity contribution in [3.05, 3.63) is 35.9 Å². The molecule has 2 atom stereocenters. The van der Waals surface area contributed by atoms with Crippen molar-refractivity contribution in [2.24, 2.45) is 5.41 Å². The van der Waals surface area contributed by atoms with Crippen LogP contribution in [0, 0.1) is 5.41 Å². The van der Waals surface area contributed by atoms with Crippen LogP contribution in [0.2, 0.25) is 0 Å². The molecule has 0 aliphatic carbocycles. The van der Waals surface area contributed by atoms with Gasteiger partial charge in [-0.3, -0.25) is 9.69 Å². The molecule has 4 nitrogen and oxygen atoms in total. The van der Waals surface area contributed by atoms with Crippen LogP contribution in [0.1, 0.15) is 26.3 Å². The second-order valence-electron chi connectivity index (χ2n) is 6.25. The van der Waals surface area contributed by atoms with Crippen LogP contribution in [0.15, 0.2) is 30.3 Å².